The molecule has 7 heteroatoms. The summed E-state index contributed by atoms with van der Waals surface area (Å²) in [4.78, 5) is 28.6. The molecule has 4 rings (SSSR count). The van der Waals surface area contributed by atoms with Crippen LogP contribution in [0, 0.1) is 0 Å². The predicted octanol–water partition coefficient (Wildman–Crippen LogP) is 4.22. The summed E-state index contributed by atoms with van der Waals surface area (Å²) in [6.07, 6.45) is 6.21. The molecule has 0 atom stereocenters. The number of fused-ring (bicyclic) bond motifs is 1. The molecule has 0 aliphatic rings. The molecule has 0 saturated carbocycles. The first-order valence-corrected chi connectivity index (χ1v) is 9.80. The van der Waals surface area contributed by atoms with E-state index in [1.165, 1.54) is 12.3 Å². The van der Waals surface area contributed by atoms with Crippen molar-refractivity contribution in [2.75, 3.05) is 11.9 Å². The maximum Gasteiger partial charge on any atom is 0.330 e. The first-order valence-electron chi connectivity index (χ1n) is 9.80. The summed E-state index contributed by atoms with van der Waals surface area (Å²) in [5.74, 6) is -0.696. The van der Waals surface area contributed by atoms with E-state index in [-0.39, 0.29) is 5.91 Å². The molecule has 154 valence electrons. The van der Waals surface area contributed by atoms with Crippen molar-refractivity contribution in [3.63, 3.8) is 0 Å². The second kappa shape index (κ2) is 9.04. The number of rotatable bonds is 6. The molecule has 31 heavy (non-hydrogen) atoms. The van der Waals surface area contributed by atoms with Crippen LogP contribution in [-0.4, -0.2) is 33.1 Å². The molecule has 0 radical (unpaired) electrons. The van der Waals surface area contributed by atoms with Gasteiger partial charge in [0.25, 0.3) is 5.91 Å². The van der Waals surface area contributed by atoms with Crippen LogP contribution in [0.5, 0.6) is 0 Å². The van der Waals surface area contributed by atoms with E-state index >= 15 is 0 Å². The predicted molar refractivity (Wildman–Crippen MR) is 118 cm³/mol. The number of aromatic nitrogens is 3. The minimum absolute atomic E-state index is 0.303. The first kappa shape index (κ1) is 20.0. The number of nitrogens with zero attached hydrogens (tertiary/aromatic N) is 3. The maximum atomic E-state index is 12.8. The minimum Gasteiger partial charge on any atom is -0.463 e. The van der Waals surface area contributed by atoms with E-state index in [1.54, 1.807) is 48.0 Å². The van der Waals surface area contributed by atoms with Crippen LogP contribution in [0.1, 0.15) is 22.8 Å². The summed E-state index contributed by atoms with van der Waals surface area (Å²) >= 11 is 0. The molecule has 0 fully saturated rings. The van der Waals surface area contributed by atoms with Crippen LogP contribution in [0.2, 0.25) is 0 Å². The number of ether oxygens (including phenoxy) is 1. The van der Waals surface area contributed by atoms with Gasteiger partial charge in [-0.25, -0.2) is 14.3 Å². The van der Waals surface area contributed by atoms with Gasteiger partial charge in [0.15, 0.2) is 5.65 Å². The standard InChI is InChI=1S/C24H20N4O3/c1-2-31-22(29)13-10-17-8-11-19(12-9-17)27-24(30)20-16-26-28-21(14-15-25-23(20)28)18-6-4-3-5-7-18/h3-16H,2H2,1H3,(H,27,30). The highest BCUT2D eigenvalue weighted by Gasteiger charge is 2.16. The van der Waals surface area contributed by atoms with Crippen molar-refractivity contribution >= 4 is 29.3 Å². The van der Waals surface area contributed by atoms with Crippen molar-refractivity contribution in [2.45, 2.75) is 6.92 Å². The zero-order chi connectivity index (χ0) is 21.6. The number of anilines is 1. The third kappa shape index (κ3) is 4.51. The Morgan fingerprint density at radius 1 is 1.06 bits per heavy atom. The van der Waals surface area contributed by atoms with Crippen molar-refractivity contribution in [1.29, 1.82) is 0 Å². The van der Waals surface area contributed by atoms with Gasteiger partial charge in [0.2, 0.25) is 0 Å². The molecule has 1 amide bonds. The topological polar surface area (TPSA) is 85.6 Å². The highest BCUT2D eigenvalue weighted by atomic mass is 16.5. The van der Waals surface area contributed by atoms with E-state index in [1.807, 2.05) is 36.4 Å². The van der Waals surface area contributed by atoms with E-state index < -0.39 is 5.97 Å². The number of benzene rings is 2. The van der Waals surface area contributed by atoms with Crippen molar-refractivity contribution in [2.24, 2.45) is 0 Å². The normalized spacial score (nSPS) is 11.0. The Labute approximate surface area is 179 Å². The summed E-state index contributed by atoms with van der Waals surface area (Å²) in [5, 5.41) is 7.23. The van der Waals surface area contributed by atoms with Crippen LogP contribution in [0.25, 0.3) is 23.0 Å². The van der Waals surface area contributed by atoms with Gasteiger partial charge in [0.1, 0.15) is 5.56 Å². The van der Waals surface area contributed by atoms with Crippen molar-refractivity contribution in [1.82, 2.24) is 14.6 Å². The van der Waals surface area contributed by atoms with Gasteiger partial charge in [0, 0.05) is 23.5 Å². The summed E-state index contributed by atoms with van der Waals surface area (Å²) in [6, 6.07) is 18.8. The van der Waals surface area contributed by atoms with Crippen LogP contribution in [0.4, 0.5) is 5.69 Å². The molecule has 0 aliphatic heterocycles. The largest absolute Gasteiger partial charge is 0.463 e. The van der Waals surface area contributed by atoms with Crippen molar-refractivity contribution in [3.8, 4) is 11.3 Å². The van der Waals surface area contributed by atoms with Gasteiger partial charge in [0.05, 0.1) is 18.5 Å². The van der Waals surface area contributed by atoms with Gasteiger partial charge in [-0.1, -0.05) is 42.5 Å². The van der Waals surface area contributed by atoms with Gasteiger partial charge < -0.3 is 10.1 Å². The van der Waals surface area contributed by atoms with E-state index in [4.69, 9.17) is 4.74 Å². The van der Waals surface area contributed by atoms with E-state index in [0.717, 1.165) is 16.8 Å². The summed E-state index contributed by atoms with van der Waals surface area (Å²) in [7, 11) is 0. The maximum absolute atomic E-state index is 12.8. The van der Waals surface area contributed by atoms with Crippen LogP contribution in [0.15, 0.2) is 79.1 Å². The number of esters is 1. The summed E-state index contributed by atoms with van der Waals surface area (Å²) in [6.45, 7) is 2.09. The molecule has 0 aliphatic carbocycles. The fraction of sp³-hybridized carbons (Fsp3) is 0.0833. The zero-order valence-corrected chi connectivity index (χ0v) is 16.9. The lowest BCUT2D eigenvalue weighted by molar-refractivity contribution is -0.137. The highest BCUT2D eigenvalue weighted by molar-refractivity contribution is 6.08. The molecule has 4 aromatic rings. The molecule has 0 unspecified atom stereocenters. The van der Waals surface area contributed by atoms with E-state index in [0.29, 0.717) is 23.5 Å². The Bertz CT molecular complexity index is 1250. The number of amides is 1. The molecule has 7 nitrogen and oxygen atoms in total. The summed E-state index contributed by atoms with van der Waals surface area (Å²) in [5.41, 5.74) is 4.13. The lowest BCUT2D eigenvalue weighted by Crippen LogP contribution is -2.12. The molecule has 0 bridgehead atoms. The van der Waals surface area contributed by atoms with E-state index in [9.17, 15) is 9.59 Å². The molecule has 2 aromatic carbocycles. The van der Waals surface area contributed by atoms with Gasteiger partial charge in [-0.05, 0) is 36.8 Å². The summed E-state index contributed by atoms with van der Waals surface area (Å²) < 4.78 is 6.52. The Balaban J connectivity index is 1.52. The number of nitrogens with one attached hydrogen (secondary N) is 1. The molecule has 0 saturated heterocycles. The Morgan fingerprint density at radius 3 is 2.58 bits per heavy atom. The third-order valence-corrected chi connectivity index (χ3v) is 4.58. The SMILES string of the molecule is CCOC(=O)C=Cc1ccc(NC(=O)c2cnn3c(-c4ccccc4)ccnc23)cc1. The van der Waals surface area contributed by atoms with Crippen LogP contribution in [0.3, 0.4) is 0 Å². The van der Waals surface area contributed by atoms with Crippen LogP contribution in [-0.2, 0) is 9.53 Å². The minimum atomic E-state index is -0.393. The molecule has 1 N–H and O–H groups in total. The molecule has 2 heterocycles. The van der Waals surface area contributed by atoms with Gasteiger partial charge >= 0.3 is 5.97 Å². The zero-order valence-electron chi connectivity index (χ0n) is 16.9. The van der Waals surface area contributed by atoms with E-state index in [2.05, 4.69) is 15.4 Å². The number of hydrogen-bond donors (Lipinski definition) is 1. The Kier molecular flexibility index (Phi) is 5.84. The number of carbonyl (C=O) groups is 2. The monoisotopic (exact) mass is 412 g/mol. The van der Waals surface area contributed by atoms with Crippen LogP contribution >= 0.6 is 0 Å². The second-order valence-corrected chi connectivity index (χ2v) is 6.65. The number of hydrogen-bond acceptors (Lipinski definition) is 5. The Hall–Kier alpha value is -4.26. The number of carbonyl (C=O) groups excluding carboxylic acids is 2. The average molecular weight is 412 g/mol. The Morgan fingerprint density at radius 2 is 1.84 bits per heavy atom. The molecule has 0 spiro atoms. The quantitative estimate of drug-likeness (QED) is 0.378. The highest BCUT2D eigenvalue weighted by Crippen LogP contribution is 2.21. The van der Waals surface area contributed by atoms with Crippen molar-refractivity contribution < 1.29 is 14.3 Å². The smallest absolute Gasteiger partial charge is 0.330 e. The molecular weight excluding hydrogens is 392 g/mol. The van der Waals surface area contributed by atoms with Gasteiger partial charge in [-0.15, -0.1) is 0 Å². The second-order valence-electron chi connectivity index (χ2n) is 6.65. The fourth-order valence-corrected chi connectivity index (χ4v) is 3.11. The average Bonchev–Trinajstić information content (AvgIpc) is 3.24. The van der Waals surface area contributed by atoms with Crippen molar-refractivity contribution in [3.05, 3.63) is 90.3 Å². The molecule has 2 aromatic heterocycles. The molecular formula is C24H20N4O3. The lowest BCUT2D eigenvalue weighted by Gasteiger charge is -2.06. The third-order valence-electron chi connectivity index (χ3n) is 4.58. The fourth-order valence-electron chi connectivity index (χ4n) is 3.11. The first-order chi connectivity index (χ1) is 15.2. The lowest BCUT2D eigenvalue weighted by atomic mass is 10.1. The van der Waals surface area contributed by atoms with Crippen LogP contribution < -0.4 is 5.32 Å². The van der Waals surface area contributed by atoms with Gasteiger partial charge in [-0.3, -0.25) is 4.79 Å². The van der Waals surface area contributed by atoms with Gasteiger partial charge in [-0.2, -0.15) is 5.10 Å².